The highest BCUT2D eigenvalue weighted by atomic mass is 32.3. The van der Waals surface area contributed by atoms with E-state index in [9.17, 15) is 18.6 Å². The largest absolute Gasteiger partial charge is 0.340 e. The first-order valence-electron chi connectivity index (χ1n) is 15.7. The Morgan fingerprint density at radius 1 is 0.704 bits per heavy atom. The Bertz CT molecular complexity index is 1130. The summed E-state index contributed by atoms with van der Waals surface area (Å²) >= 11 is 4.93. The van der Waals surface area contributed by atoms with Gasteiger partial charge in [0.25, 0.3) is 0 Å². The molecule has 9 N–H and O–H groups in total. The van der Waals surface area contributed by atoms with Gasteiger partial charge in [0, 0.05) is 42.2 Å². The first-order chi connectivity index (χ1) is 23.8. The van der Waals surface area contributed by atoms with Crippen LogP contribution in [0.2, 0.25) is 0 Å². The summed E-state index contributed by atoms with van der Waals surface area (Å²) in [4.78, 5) is 32.5. The second-order valence-corrected chi connectivity index (χ2v) is 14.0. The van der Waals surface area contributed by atoms with Crippen LogP contribution >= 0.6 is 34.9 Å². The van der Waals surface area contributed by atoms with Crippen molar-refractivity contribution in [3.05, 3.63) is 81.4 Å². The predicted octanol–water partition coefficient (Wildman–Crippen LogP) is 9.50. The molecule has 13 nitrogen and oxygen atoms in total. The normalized spacial score (nSPS) is 9.87. The minimum atomic E-state index is -3.33. The smallest absolute Gasteiger partial charge is 0.224 e. The van der Waals surface area contributed by atoms with Crippen LogP contribution < -0.4 is 26.6 Å². The highest BCUT2D eigenvalue weighted by Crippen LogP contribution is 2.33. The maximum absolute atomic E-state index is 10.9. The van der Waals surface area contributed by atoms with Crippen LogP contribution in [-0.4, -0.2) is 68.8 Å². The Hall–Kier alpha value is -3.03. The summed E-state index contributed by atoms with van der Waals surface area (Å²) in [6.45, 7) is 13.6. The van der Waals surface area contributed by atoms with Gasteiger partial charge in [-0.05, 0) is 81.1 Å². The van der Waals surface area contributed by atoms with Crippen LogP contribution in [0.5, 0.6) is 0 Å². The van der Waals surface area contributed by atoms with Gasteiger partial charge in [-0.1, -0.05) is 99.9 Å². The number of hydrogen-bond donors (Lipinski definition) is 9. The number of benzene rings is 1. The zero-order valence-corrected chi connectivity index (χ0v) is 32.2. The quantitative estimate of drug-likeness (QED) is 0.0304. The molecule has 0 spiro atoms. The van der Waals surface area contributed by atoms with E-state index in [1.807, 2.05) is 36.6 Å². The third-order valence-corrected chi connectivity index (χ3v) is 7.94. The summed E-state index contributed by atoms with van der Waals surface area (Å²) in [5.74, 6) is 1.19. The van der Waals surface area contributed by atoms with E-state index in [0.29, 0.717) is 36.5 Å². The van der Waals surface area contributed by atoms with Gasteiger partial charge in [-0.25, -0.2) is 4.21 Å². The summed E-state index contributed by atoms with van der Waals surface area (Å²) in [7, 11) is -3.33. The number of carbonyl (C=O) groups excluding carboxylic acids is 3. The Balaban J connectivity index is -0.000000108. The molecule has 0 saturated carbocycles. The number of thiocarbonyl (C=S) groups is 1. The fraction of sp³-hybridized carbons (Fsp3) is 0.514. The van der Waals surface area contributed by atoms with Crippen molar-refractivity contribution >= 4 is 74.5 Å². The molecular formula is C37H73N5O8S4. The summed E-state index contributed by atoms with van der Waals surface area (Å²) in [6, 6.07) is 9.72. The first-order valence-corrected chi connectivity index (χ1v) is 20.5. The average Bonchev–Trinajstić information content (AvgIpc) is 3.05. The van der Waals surface area contributed by atoms with E-state index >= 15 is 0 Å². The molecule has 0 bridgehead atoms. The highest BCUT2D eigenvalue weighted by molar-refractivity contribution is 8.19. The van der Waals surface area contributed by atoms with Crippen molar-refractivity contribution in [2.45, 2.75) is 100 Å². The molecule has 318 valence electrons. The van der Waals surface area contributed by atoms with Gasteiger partial charge in [0.05, 0.1) is 10.9 Å². The van der Waals surface area contributed by atoms with Gasteiger partial charge in [0.1, 0.15) is 0 Å². The zero-order valence-electron chi connectivity index (χ0n) is 29.0. The van der Waals surface area contributed by atoms with Crippen molar-refractivity contribution in [1.29, 1.82) is 0 Å². The average molecular weight is 844 g/mol. The first kappa shape index (κ1) is 65.8. The van der Waals surface area contributed by atoms with Crippen molar-refractivity contribution < 1.29 is 36.8 Å². The molecule has 0 aromatic heterocycles. The number of nitrogens with one attached hydrogen (secondary N) is 5. The monoisotopic (exact) mass is 843 g/mol. The van der Waals surface area contributed by atoms with Crippen LogP contribution in [0, 0.1) is 0 Å². The van der Waals surface area contributed by atoms with E-state index in [-0.39, 0.29) is 53.2 Å². The lowest BCUT2D eigenvalue weighted by Crippen LogP contribution is -2.22. The number of amides is 3. The van der Waals surface area contributed by atoms with Crippen LogP contribution in [0.3, 0.4) is 0 Å². The highest BCUT2D eigenvalue weighted by Gasteiger charge is 2.09. The lowest BCUT2D eigenvalue weighted by Gasteiger charge is -2.18. The van der Waals surface area contributed by atoms with Crippen LogP contribution in [-0.2, 0) is 25.5 Å². The van der Waals surface area contributed by atoms with Gasteiger partial charge in [0.2, 0.25) is 17.7 Å². The number of rotatable bonds is 22. The molecule has 1 rings (SSSR count). The van der Waals surface area contributed by atoms with Crippen molar-refractivity contribution in [1.82, 2.24) is 21.3 Å². The molecule has 0 aliphatic rings. The zero-order chi connectivity index (χ0) is 38.5. The van der Waals surface area contributed by atoms with Gasteiger partial charge in [-0.15, -0.1) is 0 Å². The van der Waals surface area contributed by atoms with E-state index in [0.717, 1.165) is 56.4 Å². The fourth-order valence-corrected chi connectivity index (χ4v) is 4.97. The molecule has 54 heavy (non-hydrogen) atoms. The minimum absolute atomic E-state index is 0. The molecule has 1 atom stereocenters. The molecule has 17 heteroatoms. The standard InChI is InChI=1S/C9H10N2S.C9H19NO4S.C9H17NO3S.C6H11NOS.4CH4/c1-2-10-9(12)11-8-6-4-3-5-7-8;1-2-10-9(11)7-5-3-4-6-8-15(12,13)14;1-2-10-9(11)7-5-3-4-6-8-14(12)13;1-3-7-6(8)4-5-9-2;;;;/h2-7H,1H2,(H2,10,11,12);2,12-14H,1,3-8H2,(H,10,11);2H,1,3-8H2,(H,10,11)(H,12,13);3H,1,4-5H2,2H3,(H,7,8);4*1H4. The van der Waals surface area contributed by atoms with E-state index in [1.54, 1.807) is 11.8 Å². The lowest BCUT2D eigenvalue weighted by molar-refractivity contribution is -0.121. The van der Waals surface area contributed by atoms with Crippen LogP contribution in [0.1, 0.15) is 100 Å². The Kier molecular flexibility index (Phi) is 58.5. The predicted molar refractivity (Wildman–Crippen MR) is 243 cm³/mol. The summed E-state index contributed by atoms with van der Waals surface area (Å²) in [5, 5.41) is 13.8. The lowest BCUT2D eigenvalue weighted by atomic mass is 10.1. The number of carbonyl (C=O) groups is 3. The summed E-state index contributed by atoms with van der Waals surface area (Å²) in [6.07, 6.45) is 15.5. The SMILES string of the molecule is C.C.C.C.C=CNC(=O)CCCCCCS(=O)O.C=CNC(=O)CCCCCCS(O)(O)O.C=CNC(=O)CCSC.C=CNC(=S)Nc1ccccc1. The minimum Gasteiger partial charge on any atom is -0.340 e. The fourth-order valence-electron chi connectivity index (χ4n) is 3.33. The molecule has 1 aromatic carbocycles. The third kappa shape index (κ3) is 58.3. The van der Waals surface area contributed by atoms with Crippen LogP contribution in [0.15, 0.2) is 81.4 Å². The maximum atomic E-state index is 10.9. The van der Waals surface area contributed by atoms with E-state index in [4.69, 9.17) is 30.4 Å². The molecule has 3 amide bonds. The second kappa shape index (κ2) is 48.0. The van der Waals surface area contributed by atoms with Crippen molar-refractivity contribution in [2.24, 2.45) is 0 Å². The van der Waals surface area contributed by atoms with Gasteiger partial charge in [0.15, 0.2) is 16.2 Å². The van der Waals surface area contributed by atoms with Gasteiger partial charge < -0.3 is 44.8 Å². The number of para-hydroxylation sites is 1. The molecule has 1 unspecified atom stereocenters. The van der Waals surface area contributed by atoms with Crippen LogP contribution in [0.25, 0.3) is 0 Å². The Labute approximate surface area is 341 Å². The van der Waals surface area contributed by atoms with Gasteiger partial charge in [-0.3, -0.25) is 14.4 Å². The summed E-state index contributed by atoms with van der Waals surface area (Å²) < 4.78 is 44.7. The van der Waals surface area contributed by atoms with Gasteiger partial charge >= 0.3 is 0 Å². The number of hydrogen-bond acceptors (Lipinski definition) is 9. The van der Waals surface area contributed by atoms with E-state index in [1.165, 1.54) is 24.8 Å². The maximum Gasteiger partial charge on any atom is 0.224 e. The third-order valence-electron chi connectivity index (χ3n) is 5.63. The number of unbranched alkanes of at least 4 members (excludes halogenated alkanes) is 6. The summed E-state index contributed by atoms with van der Waals surface area (Å²) in [5.41, 5.74) is 0.969. The second-order valence-electron chi connectivity index (χ2n) is 9.92. The Morgan fingerprint density at radius 2 is 1.11 bits per heavy atom. The van der Waals surface area contributed by atoms with Gasteiger partial charge in [-0.2, -0.15) is 11.8 Å². The molecule has 1 aromatic rings. The number of thioether (sulfide) groups is 1. The molecule has 0 radical (unpaired) electrons. The van der Waals surface area contributed by atoms with Crippen molar-refractivity contribution in [2.75, 3.05) is 28.8 Å². The molecular weight excluding hydrogens is 771 g/mol. The van der Waals surface area contributed by atoms with Crippen LogP contribution in [0.4, 0.5) is 5.69 Å². The molecule has 0 aliphatic heterocycles. The topological polar surface area (TPSA) is 209 Å². The van der Waals surface area contributed by atoms with E-state index < -0.39 is 22.0 Å². The molecule has 0 heterocycles. The van der Waals surface area contributed by atoms with E-state index in [2.05, 4.69) is 52.9 Å². The Morgan fingerprint density at radius 3 is 1.50 bits per heavy atom. The van der Waals surface area contributed by atoms with Crippen molar-refractivity contribution in [3.63, 3.8) is 0 Å². The van der Waals surface area contributed by atoms with Crippen molar-refractivity contribution in [3.8, 4) is 0 Å². The molecule has 0 aliphatic carbocycles. The molecule has 0 fully saturated rings. The number of anilines is 1. The molecule has 0 saturated heterocycles.